The third-order valence-electron chi connectivity index (χ3n) is 10.1. The fourth-order valence-electron chi connectivity index (χ4n) is 7.80. The maximum atomic E-state index is 6.76. The van der Waals surface area contributed by atoms with E-state index in [9.17, 15) is 0 Å². The molecule has 1 spiro atoms. The van der Waals surface area contributed by atoms with E-state index in [1.807, 2.05) is 72.8 Å². The van der Waals surface area contributed by atoms with Crippen molar-refractivity contribution in [1.82, 2.24) is 15.0 Å². The monoisotopic (exact) mass is 673 g/mol. The molecule has 0 N–H and O–H groups in total. The number of para-hydroxylation sites is 1. The van der Waals surface area contributed by atoms with Crippen LogP contribution in [0.1, 0.15) is 22.3 Å². The quantitative estimate of drug-likeness (QED) is 0.186. The van der Waals surface area contributed by atoms with E-state index in [2.05, 4.69) is 97.1 Å². The molecule has 7 aromatic carbocycles. The van der Waals surface area contributed by atoms with Gasteiger partial charge in [-0.3, -0.25) is 0 Å². The Morgan fingerprint density at radius 2 is 0.882 bits per heavy atom. The average molecular weight is 674 g/mol. The minimum Gasteiger partial charge on any atom is -0.457 e. The van der Waals surface area contributed by atoms with Crippen LogP contribution in [0, 0.1) is 0 Å². The summed E-state index contributed by atoms with van der Waals surface area (Å²) in [6, 6.07) is 58.4. The molecule has 0 bridgehead atoms. The van der Waals surface area contributed by atoms with Crippen LogP contribution in [0.2, 0.25) is 5.02 Å². The molecule has 0 saturated carbocycles. The second-order valence-corrected chi connectivity index (χ2v) is 13.3. The Morgan fingerprint density at radius 3 is 1.57 bits per heavy atom. The normalized spacial score (nSPS) is 15.0. The number of hydrogen-bond donors (Lipinski definition) is 0. The van der Waals surface area contributed by atoms with E-state index >= 15 is 0 Å². The molecule has 1 atom stereocenters. The van der Waals surface area contributed by atoms with Gasteiger partial charge in [0, 0.05) is 32.8 Å². The molecule has 1 aliphatic heterocycles. The summed E-state index contributed by atoms with van der Waals surface area (Å²) in [6.45, 7) is 0. The third-order valence-corrected chi connectivity index (χ3v) is 10.3. The Balaban J connectivity index is 1.11. The first-order chi connectivity index (χ1) is 25.2. The first-order valence-electron chi connectivity index (χ1n) is 17.0. The second kappa shape index (κ2) is 11.6. The summed E-state index contributed by atoms with van der Waals surface area (Å²) in [6.07, 6.45) is 0. The van der Waals surface area contributed by atoms with Crippen molar-refractivity contribution in [1.29, 1.82) is 0 Å². The lowest BCUT2D eigenvalue weighted by Crippen LogP contribution is -2.32. The van der Waals surface area contributed by atoms with Gasteiger partial charge in [-0.15, -0.1) is 0 Å². The lowest BCUT2D eigenvalue weighted by Gasteiger charge is -2.39. The van der Waals surface area contributed by atoms with Crippen LogP contribution in [0.3, 0.4) is 0 Å². The molecule has 0 amide bonds. The molecule has 5 heteroatoms. The summed E-state index contributed by atoms with van der Waals surface area (Å²) in [5.74, 6) is 3.59. The van der Waals surface area contributed by atoms with E-state index in [1.165, 1.54) is 22.3 Å². The van der Waals surface area contributed by atoms with Crippen molar-refractivity contribution >= 4 is 11.6 Å². The van der Waals surface area contributed by atoms with E-state index in [0.717, 1.165) is 50.4 Å². The summed E-state index contributed by atoms with van der Waals surface area (Å²) < 4.78 is 6.63. The van der Waals surface area contributed by atoms with Crippen molar-refractivity contribution in [2.75, 3.05) is 0 Å². The van der Waals surface area contributed by atoms with Crippen molar-refractivity contribution in [2.24, 2.45) is 0 Å². The Bertz CT molecular complexity index is 2560. The van der Waals surface area contributed by atoms with Crippen molar-refractivity contribution in [3.8, 4) is 67.9 Å². The minimum absolute atomic E-state index is 0.594. The molecule has 0 fully saturated rings. The molecule has 1 unspecified atom stereocenters. The zero-order valence-electron chi connectivity index (χ0n) is 27.3. The van der Waals surface area contributed by atoms with Crippen molar-refractivity contribution in [2.45, 2.75) is 5.41 Å². The molecule has 10 rings (SSSR count). The van der Waals surface area contributed by atoms with Crippen LogP contribution >= 0.6 is 11.6 Å². The zero-order valence-corrected chi connectivity index (χ0v) is 28.0. The van der Waals surface area contributed by atoms with Crippen molar-refractivity contribution < 1.29 is 4.74 Å². The van der Waals surface area contributed by atoms with E-state index in [1.54, 1.807) is 0 Å². The Hall–Kier alpha value is -6.36. The number of fused-ring (bicyclic) bond motifs is 9. The van der Waals surface area contributed by atoms with Crippen LogP contribution in [-0.2, 0) is 5.41 Å². The van der Waals surface area contributed by atoms with Gasteiger partial charge in [-0.2, -0.15) is 0 Å². The number of halogens is 1. The highest BCUT2D eigenvalue weighted by Crippen LogP contribution is 2.62. The SMILES string of the molecule is Clc1ccc2c(c1)C1(c3ccccc3Oc3ccc(-c4ccc(-c5nc(-c6ccccc6)nc(-c6ccccc6)n5)cc4)cc31)c1ccccc1-2. The molecular formula is C46H28ClN3O. The van der Waals surface area contributed by atoms with Crippen molar-refractivity contribution in [3.63, 3.8) is 0 Å². The van der Waals surface area contributed by atoms with Gasteiger partial charge < -0.3 is 4.74 Å². The number of ether oxygens (including phenoxy) is 1. The molecule has 1 aromatic heterocycles. The molecule has 8 aromatic rings. The first-order valence-corrected chi connectivity index (χ1v) is 17.3. The maximum Gasteiger partial charge on any atom is 0.164 e. The molecule has 1 aliphatic carbocycles. The van der Waals surface area contributed by atoms with E-state index in [-0.39, 0.29) is 0 Å². The first kappa shape index (κ1) is 29.5. The summed E-state index contributed by atoms with van der Waals surface area (Å²) >= 11 is 6.76. The number of nitrogens with zero attached hydrogens (tertiary/aromatic N) is 3. The lowest BCUT2D eigenvalue weighted by atomic mass is 9.66. The highest BCUT2D eigenvalue weighted by atomic mass is 35.5. The lowest BCUT2D eigenvalue weighted by molar-refractivity contribution is 0.436. The zero-order chi connectivity index (χ0) is 33.9. The summed E-state index contributed by atoms with van der Waals surface area (Å²) in [5, 5.41) is 0.711. The van der Waals surface area contributed by atoms with Crippen LogP contribution in [0.15, 0.2) is 170 Å². The fraction of sp³-hybridized carbons (Fsp3) is 0.0217. The topological polar surface area (TPSA) is 47.9 Å². The second-order valence-electron chi connectivity index (χ2n) is 12.9. The van der Waals surface area contributed by atoms with E-state index < -0.39 is 5.41 Å². The predicted octanol–water partition coefficient (Wildman–Crippen LogP) is 11.7. The maximum absolute atomic E-state index is 6.76. The smallest absolute Gasteiger partial charge is 0.164 e. The van der Waals surface area contributed by atoms with Gasteiger partial charge in [0.1, 0.15) is 11.5 Å². The Morgan fingerprint density at radius 1 is 0.373 bits per heavy atom. The molecule has 240 valence electrons. The van der Waals surface area contributed by atoms with Gasteiger partial charge in [-0.25, -0.2) is 15.0 Å². The highest BCUT2D eigenvalue weighted by molar-refractivity contribution is 6.30. The molecule has 2 heterocycles. The Kier molecular flexibility index (Phi) is 6.73. The van der Waals surface area contributed by atoms with Gasteiger partial charge in [0.05, 0.1) is 5.41 Å². The summed E-state index contributed by atoms with van der Waals surface area (Å²) in [5.41, 5.74) is 11.4. The summed E-state index contributed by atoms with van der Waals surface area (Å²) in [4.78, 5) is 14.7. The molecule has 0 radical (unpaired) electrons. The van der Waals surface area contributed by atoms with Gasteiger partial charge in [0.25, 0.3) is 0 Å². The van der Waals surface area contributed by atoms with Crippen LogP contribution in [0.25, 0.3) is 56.4 Å². The van der Waals surface area contributed by atoms with Gasteiger partial charge >= 0.3 is 0 Å². The highest BCUT2D eigenvalue weighted by Gasteiger charge is 2.51. The van der Waals surface area contributed by atoms with Gasteiger partial charge in [-0.1, -0.05) is 151 Å². The number of rotatable bonds is 4. The van der Waals surface area contributed by atoms with Gasteiger partial charge in [0.2, 0.25) is 0 Å². The van der Waals surface area contributed by atoms with Crippen LogP contribution in [0.5, 0.6) is 11.5 Å². The fourth-order valence-corrected chi connectivity index (χ4v) is 7.97. The number of hydrogen-bond acceptors (Lipinski definition) is 4. The molecular weight excluding hydrogens is 646 g/mol. The van der Waals surface area contributed by atoms with E-state index in [0.29, 0.717) is 22.5 Å². The molecule has 0 saturated heterocycles. The van der Waals surface area contributed by atoms with Crippen LogP contribution < -0.4 is 4.74 Å². The van der Waals surface area contributed by atoms with Gasteiger partial charge in [0.15, 0.2) is 17.5 Å². The molecule has 4 nitrogen and oxygen atoms in total. The van der Waals surface area contributed by atoms with Crippen molar-refractivity contribution in [3.05, 3.63) is 197 Å². The number of aromatic nitrogens is 3. The summed E-state index contributed by atoms with van der Waals surface area (Å²) in [7, 11) is 0. The Labute approximate surface area is 300 Å². The van der Waals surface area contributed by atoms with Gasteiger partial charge in [-0.05, 0) is 63.7 Å². The van der Waals surface area contributed by atoms with Crippen LogP contribution in [0.4, 0.5) is 0 Å². The van der Waals surface area contributed by atoms with E-state index in [4.69, 9.17) is 31.3 Å². The predicted molar refractivity (Wildman–Crippen MR) is 204 cm³/mol. The largest absolute Gasteiger partial charge is 0.457 e. The minimum atomic E-state index is -0.594. The van der Waals surface area contributed by atoms with Crippen LogP contribution in [-0.4, -0.2) is 15.0 Å². The molecule has 51 heavy (non-hydrogen) atoms. The number of benzene rings is 7. The third kappa shape index (κ3) is 4.64. The molecule has 2 aliphatic rings. The standard InChI is InChI=1S/C46H28ClN3O/c47-34-24-25-36-35-15-7-8-16-37(35)46(39(36)28-34)38-17-9-10-18-41(38)51-42-26-23-33(27-40(42)46)29-19-21-32(22-20-29)45-49-43(30-11-3-1-4-12-30)48-44(50-45)31-13-5-2-6-14-31/h1-28H. The average Bonchev–Trinajstić information content (AvgIpc) is 3.48.